The molecule has 6 heteroatoms. The highest BCUT2D eigenvalue weighted by Gasteiger charge is 2.30. The molecule has 2 amide bonds. The maximum Gasteiger partial charge on any atom is 0.322 e. The van der Waals surface area contributed by atoms with Crippen molar-refractivity contribution < 1.29 is 9.53 Å². The molecule has 2 aliphatic carbocycles. The third kappa shape index (κ3) is 3.91. The van der Waals surface area contributed by atoms with Crippen molar-refractivity contribution in [2.45, 2.75) is 57.6 Å². The number of nitrogens with one attached hydrogen (secondary N) is 1. The Kier molecular flexibility index (Phi) is 4.48. The van der Waals surface area contributed by atoms with Gasteiger partial charge in [-0.25, -0.2) is 4.79 Å². The van der Waals surface area contributed by atoms with E-state index in [2.05, 4.69) is 17.3 Å². The number of nitrogens with zero attached hydrogens (tertiary/aromatic N) is 3. The van der Waals surface area contributed by atoms with E-state index in [-0.39, 0.29) is 12.1 Å². The van der Waals surface area contributed by atoms with Crippen molar-refractivity contribution in [1.29, 1.82) is 0 Å². The van der Waals surface area contributed by atoms with Gasteiger partial charge in [0.15, 0.2) is 0 Å². The zero-order chi connectivity index (χ0) is 16.5. The summed E-state index contributed by atoms with van der Waals surface area (Å²) in [5, 5.41) is 7.40. The summed E-state index contributed by atoms with van der Waals surface area (Å²) >= 11 is 0. The number of carbonyl (C=O) groups is 1. The van der Waals surface area contributed by atoms with Crippen LogP contribution < -0.4 is 5.32 Å². The minimum absolute atomic E-state index is 0.0339. The van der Waals surface area contributed by atoms with Gasteiger partial charge in [-0.05, 0) is 57.3 Å². The Hall–Kier alpha value is -1.56. The van der Waals surface area contributed by atoms with Crippen LogP contribution in [-0.2, 0) is 4.74 Å². The molecule has 2 heterocycles. The summed E-state index contributed by atoms with van der Waals surface area (Å²) in [6, 6.07) is 0.388. The summed E-state index contributed by atoms with van der Waals surface area (Å²) in [4.78, 5) is 14.4. The number of hydrogen-bond acceptors (Lipinski definition) is 3. The Balaban J connectivity index is 1.28. The molecule has 0 aromatic carbocycles. The van der Waals surface area contributed by atoms with E-state index < -0.39 is 0 Å². The van der Waals surface area contributed by atoms with E-state index in [4.69, 9.17) is 4.74 Å². The first-order valence-corrected chi connectivity index (χ1v) is 9.40. The van der Waals surface area contributed by atoms with Gasteiger partial charge in [0.05, 0.1) is 24.0 Å². The van der Waals surface area contributed by atoms with Crippen LogP contribution in [-0.4, -0.2) is 46.5 Å². The number of anilines is 1. The molecule has 132 valence electrons. The predicted molar refractivity (Wildman–Crippen MR) is 92.0 cm³/mol. The van der Waals surface area contributed by atoms with Crippen molar-refractivity contribution in [2.75, 3.05) is 25.0 Å². The minimum Gasteiger partial charge on any atom is -0.376 e. The molecule has 4 rings (SSSR count). The molecule has 2 saturated carbocycles. The van der Waals surface area contributed by atoms with Crippen LogP contribution in [0.5, 0.6) is 0 Å². The van der Waals surface area contributed by atoms with Gasteiger partial charge in [-0.3, -0.25) is 4.68 Å². The number of piperidine rings is 1. The number of hydrogen-bond donors (Lipinski definition) is 1. The third-order valence-electron chi connectivity index (χ3n) is 5.50. The van der Waals surface area contributed by atoms with Gasteiger partial charge >= 0.3 is 6.03 Å². The molecule has 1 aromatic rings. The Bertz CT molecular complexity index is 579. The van der Waals surface area contributed by atoms with Crippen LogP contribution in [0, 0.1) is 11.8 Å². The average molecular weight is 332 g/mol. The van der Waals surface area contributed by atoms with Gasteiger partial charge in [0.25, 0.3) is 0 Å². The highest BCUT2D eigenvalue weighted by atomic mass is 16.5. The lowest BCUT2D eigenvalue weighted by atomic mass is 10.1. The van der Waals surface area contributed by atoms with E-state index in [0.29, 0.717) is 12.6 Å². The lowest BCUT2D eigenvalue weighted by Crippen LogP contribution is -2.45. The summed E-state index contributed by atoms with van der Waals surface area (Å²) in [6.07, 6.45) is 11.2. The van der Waals surface area contributed by atoms with Gasteiger partial charge in [0.1, 0.15) is 0 Å². The standard InChI is InChI=1S/C18H28N4O2/c1-13(15-6-7-15)22-10-16(9-19-22)20-18(23)21-8-2-3-17(11-21)24-12-14-4-5-14/h9-10,13-15,17H,2-8,11-12H2,1H3,(H,20,23)/t13-,17-/m0/s1. The fourth-order valence-corrected chi connectivity index (χ4v) is 3.44. The third-order valence-corrected chi connectivity index (χ3v) is 5.50. The maximum atomic E-state index is 12.5. The van der Waals surface area contributed by atoms with Crippen molar-refractivity contribution >= 4 is 11.7 Å². The molecule has 1 N–H and O–H groups in total. The van der Waals surface area contributed by atoms with Crippen molar-refractivity contribution in [2.24, 2.45) is 11.8 Å². The number of carbonyl (C=O) groups excluding carboxylic acids is 1. The minimum atomic E-state index is -0.0339. The number of ether oxygens (including phenoxy) is 1. The van der Waals surface area contributed by atoms with E-state index in [1.807, 2.05) is 15.8 Å². The van der Waals surface area contributed by atoms with Crippen molar-refractivity contribution in [1.82, 2.24) is 14.7 Å². The molecule has 3 fully saturated rings. The van der Waals surface area contributed by atoms with E-state index >= 15 is 0 Å². The van der Waals surface area contributed by atoms with Gasteiger partial charge in [0.2, 0.25) is 0 Å². The summed E-state index contributed by atoms with van der Waals surface area (Å²) < 4.78 is 7.95. The second-order valence-electron chi connectivity index (χ2n) is 7.70. The van der Waals surface area contributed by atoms with Gasteiger partial charge < -0.3 is 15.0 Å². The molecule has 1 aliphatic heterocycles. The topological polar surface area (TPSA) is 59.4 Å². The normalized spacial score (nSPS) is 25.5. The highest BCUT2D eigenvalue weighted by molar-refractivity contribution is 5.89. The summed E-state index contributed by atoms with van der Waals surface area (Å²) in [7, 11) is 0. The Labute approximate surface area is 143 Å². The number of amides is 2. The zero-order valence-corrected chi connectivity index (χ0v) is 14.5. The van der Waals surface area contributed by atoms with E-state index in [1.165, 1.54) is 25.7 Å². The van der Waals surface area contributed by atoms with Crippen LogP contribution >= 0.6 is 0 Å². The summed E-state index contributed by atoms with van der Waals surface area (Å²) in [6.45, 7) is 4.57. The van der Waals surface area contributed by atoms with Crippen LogP contribution in [0.15, 0.2) is 12.4 Å². The number of likely N-dealkylation sites (tertiary alicyclic amines) is 1. The SMILES string of the molecule is C[C@@H](C1CC1)n1cc(NC(=O)N2CCC[C@H](OCC3CC3)C2)cn1. The summed E-state index contributed by atoms with van der Waals surface area (Å²) in [5.74, 6) is 1.52. The monoisotopic (exact) mass is 332 g/mol. The predicted octanol–water partition coefficient (Wildman–Crippen LogP) is 3.28. The molecule has 0 spiro atoms. The van der Waals surface area contributed by atoms with Crippen molar-refractivity contribution in [3.63, 3.8) is 0 Å². The average Bonchev–Trinajstić information content (AvgIpc) is 3.51. The molecule has 6 nitrogen and oxygen atoms in total. The molecule has 2 atom stereocenters. The first-order chi connectivity index (χ1) is 11.7. The molecule has 1 aromatic heterocycles. The van der Waals surface area contributed by atoms with Crippen molar-refractivity contribution in [3.05, 3.63) is 12.4 Å². The van der Waals surface area contributed by atoms with E-state index in [1.54, 1.807) is 6.20 Å². The lowest BCUT2D eigenvalue weighted by molar-refractivity contribution is 0.00597. The highest BCUT2D eigenvalue weighted by Crippen LogP contribution is 2.39. The quantitative estimate of drug-likeness (QED) is 0.870. The van der Waals surface area contributed by atoms with Crippen LogP contribution in [0.25, 0.3) is 0 Å². The Morgan fingerprint density at radius 1 is 1.38 bits per heavy atom. The van der Waals surface area contributed by atoms with Crippen LogP contribution in [0.1, 0.15) is 51.5 Å². The number of urea groups is 1. The molecular formula is C18H28N4O2. The number of rotatable bonds is 6. The van der Waals surface area contributed by atoms with E-state index in [9.17, 15) is 4.79 Å². The molecule has 0 bridgehead atoms. The molecule has 0 radical (unpaired) electrons. The largest absolute Gasteiger partial charge is 0.376 e. The van der Waals surface area contributed by atoms with Crippen molar-refractivity contribution in [3.8, 4) is 0 Å². The molecule has 1 saturated heterocycles. The second kappa shape index (κ2) is 6.75. The smallest absolute Gasteiger partial charge is 0.322 e. The first-order valence-electron chi connectivity index (χ1n) is 9.40. The first kappa shape index (κ1) is 15.9. The van der Waals surface area contributed by atoms with Crippen LogP contribution in [0.4, 0.5) is 10.5 Å². The van der Waals surface area contributed by atoms with E-state index in [0.717, 1.165) is 43.5 Å². The van der Waals surface area contributed by atoms with Gasteiger partial charge in [0, 0.05) is 25.9 Å². The zero-order valence-electron chi connectivity index (χ0n) is 14.5. The van der Waals surface area contributed by atoms with Gasteiger partial charge in [-0.2, -0.15) is 5.10 Å². The fourth-order valence-electron chi connectivity index (χ4n) is 3.44. The Morgan fingerprint density at radius 2 is 2.21 bits per heavy atom. The lowest BCUT2D eigenvalue weighted by Gasteiger charge is -2.32. The molecule has 3 aliphatic rings. The van der Waals surface area contributed by atoms with Crippen LogP contribution in [0.3, 0.4) is 0 Å². The summed E-state index contributed by atoms with van der Waals surface area (Å²) in [5.41, 5.74) is 0.786. The molecular weight excluding hydrogens is 304 g/mol. The number of aromatic nitrogens is 2. The molecule has 24 heavy (non-hydrogen) atoms. The second-order valence-corrected chi connectivity index (χ2v) is 7.70. The maximum absolute atomic E-state index is 12.5. The fraction of sp³-hybridized carbons (Fsp3) is 0.778. The Morgan fingerprint density at radius 3 is 2.96 bits per heavy atom. The van der Waals surface area contributed by atoms with Crippen LogP contribution in [0.2, 0.25) is 0 Å². The van der Waals surface area contributed by atoms with Gasteiger partial charge in [-0.15, -0.1) is 0 Å². The van der Waals surface area contributed by atoms with Gasteiger partial charge in [-0.1, -0.05) is 0 Å². The molecule has 0 unspecified atom stereocenters.